The van der Waals surface area contributed by atoms with Crippen LogP contribution in [0.5, 0.6) is 0 Å². The Morgan fingerprint density at radius 2 is 2.15 bits per heavy atom. The minimum absolute atomic E-state index is 0.259. The Bertz CT molecular complexity index is 318. The molecular weight excluding hydrogens is 160 g/mol. The third kappa shape index (κ3) is 1.42. The van der Waals surface area contributed by atoms with Crippen molar-refractivity contribution < 1.29 is 0 Å². The van der Waals surface area contributed by atoms with Gasteiger partial charge in [0.15, 0.2) is 0 Å². The highest BCUT2D eigenvalue weighted by Gasteiger charge is 2.18. The Hall–Kier alpha value is -1.02. The molecule has 2 heteroatoms. The molecule has 0 aromatic heterocycles. The molecule has 0 heterocycles. The molecule has 70 valence electrons. The van der Waals surface area contributed by atoms with Crippen LogP contribution in [0.15, 0.2) is 18.2 Å². The minimum Gasteiger partial charge on any atom is -0.378 e. The van der Waals surface area contributed by atoms with E-state index in [0.717, 1.165) is 12.8 Å². The van der Waals surface area contributed by atoms with Gasteiger partial charge in [-0.1, -0.05) is 6.07 Å². The third-order valence-electron chi connectivity index (χ3n) is 2.77. The first-order valence-electron chi connectivity index (χ1n) is 4.74. The van der Waals surface area contributed by atoms with Gasteiger partial charge in [-0.05, 0) is 36.1 Å². The molecule has 2 rings (SSSR count). The molecule has 0 amide bonds. The Balaban J connectivity index is 2.42. The molecule has 1 aliphatic rings. The lowest BCUT2D eigenvalue weighted by molar-refractivity contribution is 0.713. The normalized spacial score (nSPS) is 20.1. The van der Waals surface area contributed by atoms with E-state index in [-0.39, 0.29) is 6.04 Å². The molecule has 2 N–H and O–H groups in total. The summed E-state index contributed by atoms with van der Waals surface area (Å²) in [4.78, 5) is 2.12. The van der Waals surface area contributed by atoms with Crippen molar-refractivity contribution in [3.05, 3.63) is 29.3 Å². The van der Waals surface area contributed by atoms with Gasteiger partial charge in [-0.15, -0.1) is 0 Å². The first kappa shape index (κ1) is 8.57. The van der Waals surface area contributed by atoms with E-state index in [0.29, 0.717) is 0 Å². The number of fused-ring (bicyclic) bond motifs is 1. The largest absolute Gasteiger partial charge is 0.378 e. The zero-order chi connectivity index (χ0) is 9.42. The van der Waals surface area contributed by atoms with Crippen LogP contribution in [0.1, 0.15) is 23.6 Å². The van der Waals surface area contributed by atoms with Crippen molar-refractivity contribution in [1.82, 2.24) is 0 Å². The van der Waals surface area contributed by atoms with Crippen LogP contribution in [-0.4, -0.2) is 14.1 Å². The van der Waals surface area contributed by atoms with E-state index in [2.05, 4.69) is 37.2 Å². The first-order valence-corrected chi connectivity index (χ1v) is 4.74. The number of nitrogens with zero attached hydrogens (tertiary/aromatic N) is 1. The molecule has 2 nitrogen and oxygen atoms in total. The minimum atomic E-state index is 0.259. The fourth-order valence-electron chi connectivity index (χ4n) is 1.90. The zero-order valence-electron chi connectivity index (χ0n) is 8.25. The fourth-order valence-corrected chi connectivity index (χ4v) is 1.90. The molecule has 0 radical (unpaired) electrons. The van der Waals surface area contributed by atoms with Crippen molar-refractivity contribution in [3.63, 3.8) is 0 Å². The standard InChI is InChI=1S/C11H16N2/c1-13(2)9-5-3-8-4-6-11(12)10(8)7-9/h3,5,7,11H,4,6,12H2,1-2H3/t11-/m1/s1. The molecule has 1 atom stereocenters. The van der Waals surface area contributed by atoms with Crippen LogP contribution >= 0.6 is 0 Å². The Kier molecular flexibility index (Phi) is 2.00. The van der Waals surface area contributed by atoms with Gasteiger partial charge >= 0.3 is 0 Å². The Morgan fingerprint density at radius 1 is 1.38 bits per heavy atom. The van der Waals surface area contributed by atoms with Gasteiger partial charge in [-0.2, -0.15) is 0 Å². The summed E-state index contributed by atoms with van der Waals surface area (Å²) in [5.41, 5.74) is 10.0. The highest BCUT2D eigenvalue weighted by Crippen LogP contribution is 2.31. The second-order valence-corrected chi connectivity index (χ2v) is 3.92. The number of aryl methyl sites for hydroxylation is 1. The lowest BCUT2D eigenvalue weighted by Crippen LogP contribution is -2.10. The van der Waals surface area contributed by atoms with Gasteiger partial charge in [-0.25, -0.2) is 0 Å². The second-order valence-electron chi connectivity index (χ2n) is 3.92. The molecule has 0 unspecified atom stereocenters. The van der Waals surface area contributed by atoms with Crippen LogP contribution in [0.2, 0.25) is 0 Å². The topological polar surface area (TPSA) is 29.3 Å². The number of anilines is 1. The average molecular weight is 176 g/mol. The predicted molar refractivity (Wildman–Crippen MR) is 56.0 cm³/mol. The number of rotatable bonds is 1. The molecule has 0 fully saturated rings. The van der Waals surface area contributed by atoms with E-state index in [1.54, 1.807) is 0 Å². The second kappa shape index (κ2) is 3.04. The van der Waals surface area contributed by atoms with Crippen molar-refractivity contribution in [3.8, 4) is 0 Å². The van der Waals surface area contributed by atoms with Crippen molar-refractivity contribution >= 4 is 5.69 Å². The number of benzene rings is 1. The van der Waals surface area contributed by atoms with Crippen LogP contribution in [0.4, 0.5) is 5.69 Å². The van der Waals surface area contributed by atoms with Crippen LogP contribution in [0.25, 0.3) is 0 Å². The van der Waals surface area contributed by atoms with Gasteiger partial charge in [0, 0.05) is 25.8 Å². The van der Waals surface area contributed by atoms with E-state index < -0.39 is 0 Å². The van der Waals surface area contributed by atoms with E-state index >= 15 is 0 Å². The van der Waals surface area contributed by atoms with E-state index in [9.17, 15) is 0 Å². The molecule has 0 saturated carbocycles. The molecule has 0 spiro atoms. The van der Waals surface area contributed by atoms with Crippen molar-refractivity contribution in [2.24, 2.45) is 5.73 Å². The average Bonchev–Trinajstić information content (AvgIpc) is 2.47. The van der Waals surface area contributed by atoms with Crippen LogP contribution in [0.3, 0.4) is 0 Å². The molecule has 1 aromatic rings. The van der Waals surface area contributed by atoms with Gasteiger partial charge in [0.05, 0.1) is 0 Å². The zero-order valence-corrected chi connectivity index (χ0v) is 8.25. The third-order valence-corrected chi connectivity index (χ3v) is 2.77. The summed E-state index contributed by atoms with van der Waals surface area (Å²) in [6.07, 6.45) is 2.25. The first-order chi connectivity index (χ1) is 6.18. The van der Waals surface area contributed by atoms with E-state index in [1.807, 2.05) is 0 Å². The summed E-state index contributed by atoms with van der Waals surface area (Å²) in [7, 11) is 4.12. The number of hydrogen-bond acceptors (Lipinski definition) is 2. The van der Waals surface area contributed by atoms with Crippen LogP contribution < -0.4 is 10.6 Å². The maximum absolute atomic E-state index is 6.00. The highest BCUT2D eigenvalue weighted by atomic mass is 15.1. The molecule has 0 aliphatic heterocycles. The molecule has 0 saturated heterocycles. The maximum Gasteiger partial charge on any atom is 0.0364 e. The van der Waals surface area contributed by atoms with Crippen LogP contribution in [0, 0.1) is 0 Å². The molecular formula is C11H16N2. The van der Waals surface area contributed by atoms with Gasteiger partial charge in [-0.3, -0.25) is 0 Å². The number of hydrogen-bond donors (Lipinski definition) is 1. The van der Waals surface area contributed by atoms with Gasteiger partial charge in [0.25, 0.3) is 0 Å². The lowest BCUT2D eigenvalue weighted by atomic mass is 10.1. The molecule has 1 aromatic carbocycles. The Morgan fingerprint density at radius 3 is 2.85 bits per heavy atom. The quantitative estimate of drug-likeness (QED) is 0.705. The molecule has 0 bridgehead atoms. The summed E-state index contributed by atoms with van der Waals surface area (Å²) >= 11 is 0. The van der Waals surface area contributed by atoms with Gasteiger partial charge < -0.3 is 10.6 Å². The summed E-state index contributed by atoms with van der Waals surface area (Å²) in [5, 5.41) is 0. The summed E-state index contributed by atoms with van der Waals surface area (Å²) in [6, 6.07) is 6.84. The smallest absolute Gasteiger partial charge is 0.0364 e. The van der Waals surface area contributed by atoms with Crippen molar-refractivity contribution in [2.75, 3.05) is 19.0 Å². The van der Waals surface area contributed by atoms with Crippen molar-refractivity contribution in [2.45, 2.75) is 18.9 Å². The number of nitrogens with two attached hydrogens (primary N) is 1. The van der Waals surface area contributed by atoms with E-state index in [1.165, 1.54) is 16.8 Å². The lowest BCUT2D eigenvalue weighted by Gasteiger charge is -2.14. The fraction of sp³-hybridized carbons (Fsp3) is 0.455. The molecule has 13 heavy (non-hydrogen) atoms. The summed E-state index contributed by atoms with van der Waals surface area (Å²) in [5.74, 6) is 0. The Labute approximate surface area is 79.4 Å². The van der Waals surface area contributed by atoms with Gasteiger partial charge in [0.1, 0.15) is 0 Å². The highest BCUT2D eigenvalue weighted by molar-refractivity contribution is 5.52. The summed E-state index contributed by atoms with van der Waals surface area (Å²) < 4.78 is 0. The van der Waals surface area contributed by atoms with Gasteiger partial charge in [0.2, 0.25) is 0 Å². The van der Waals surface area contributed by atoms with Crippen LogP contribution in [-0.2, 0) is 6.42 Å². The monoisotopic (exact) mass is 176 g/mol. The predicted octanol–water partition coefficient (Wildman–Crippen LogP) is 1.70. The SMILES string of the molecule is CN(C)c1ccc2c(c1)[C@H](N)CC2. The maximum atomic E-state index is 6.00. The summed E-state index contributed by atoms with van der Waals surface area (Å²) in [6.45, 7) is 0. The molecule has 1 aliphatic carbocycles. The van der Waals surface area contributed by atoms with E-state index in [4.69, 9.17) is 5.73 Å². The van der Waals surface area contributed by atoms with Crippen molar-refractivity contribution in [1.29, 1.82) is 0 Å².